The molecule has 1 aliphatic carbocycles. The van der Waals surface area contributed by atoms with Gasteiger partial charge in [0.2, 0.25) is 0 Å². The van der Waals surface area contributed by atoms with Crippen molar-refractivity contribution in [2.24, 2.45) is 5.92 Å². The second-order valence-corrected chi connectivity index (χ2v) is 7.47. The third-order valence-electron chi connectivity index (χ3n) is 5.08. The molecule has 3 aromatic carbocycles. The predicted molar refractivity (Wildman–Crippen MR) is 109 cm³/mol. The first-order chi connectivity index (χ1) is 13.3. The monoisotopic (exact) mass is 378 g/mol. The van der Waals surface area contributed by atoms with Crippen LogP contribution in [0.1, 0.15) is 36.5 Å². The van der Waals surface area contributed by atoms with Gasteiger partial charge < -0.3 is 9.47 Å². The molecule has 2 nitrogen and oxygen atoms in total. The Bertz CT molecular complexity index is 857. The zero-order valence-corrected chi connectivity index (χ0v) is 15.9. The fourth-order valence-corrected chi connectivity index (χ4v) is 3.53. The van der Waals surface area contributed by atoms with Gasteiger partial charge in [-0.15, -0.1) is 0 Å². The second-order valence-electron chi connectivity index (χ2n) is 7.04. The van der Waals surface area contributed by atoms with Crippen LogP contribution in [-0.4, -0.2) is 0 Å². The van der Waals surface area contributed by atoms with E-state index < -0.39 is 0 Å². The molecule has 0 spiro atoms. The number of ether oxygens (including phenoxy) is 2. The molecule has 1 unspecified atom stereocenters. The van der Waals surface area contributed by atoms with Gasteiger partial charge >= 0.3 is 0 Å². The van der Waals surface area contributed by atoms with Crippen LogP contribution in [0.2, 0.25) is 5.02 Å². The molecular formula is C24H23ClO2. The molecule has 0 saturated heterocycles. The van der Waals surface area contributed by atoms with Gasteiger partial charge in [-0.1, -0.05) is 60.5 Å². The zero-order valence-electron chi connectivity index (χ0n) is 15.2. The molecule has 0 aromatic heterocycles. The van der Waals surface area contributed by atoms with Crippen LogP contribution in [0.5, 0.6) is 11.5 Å². The van der Waals surface area contributed by atoms with E-state index in [1.54, 1.807) is 0 Å². The summed E-state index contributed by atoms with van der Waals surface area (Å²) in [5.74, 6) is 2.26. The maximum Gasteiger partial charge on any atom is 0.127 e. The Morgan fingerprint density at radius 3 is 2.30 bits per heavy atom. The first-order valence-corrected chi connectivity index (χ1v) is 9.85. The fourth-order valence-electron chi connectivity index (χ4n) is 3.41. The van der Waals surface area contributed by atoms with Gasteiger partial charge in [-0.2, -0.15) is 0 Å². The van der Waals surface area contributed by atoms with Crippen LogP contribution >= 0.6 is 11.6 Å². The molecule has 1 saturated carbocycles. The van der Waals surface area contributed by atoms with E-state index in [0.29, 0.717) is 12.5 Å². The average molecular weight is 379 g/mol. The van der Waals surface area contributed by atoms with Crippen LogP contribution in [0, 0.1) is 5.92 Å². The summed E-state index contributed by atoms with van der Waals surface area (Å²) in [4.78, 5) is 0. The topological polar surface area (TPSA) is 18.5 Å². The van der Waals surface area contributed by atoms with Gasteiger partial charge in [0.25, 0.3) is 0 Å². The molecule has 0 N–H and O–H groups in total. The zero-order chi connectivity index (χ0) is 18.5. The van der Waals surface area contributed by atoms with E-state index in [0.717, 1.165) is 22.1 Å². The Balaban J connectivity index is 1.44. The summed E-state index contributed by atoms with van der Waals surface area (Å²) in [6, 6.07) is 26.0. The van der Waals surface area contributed by atoms with E-state index in [4.69, 9.17) is 21.1 Å². The number of benzene rings is 3. The molecule has 138 valence electrons. The molecule has 4 rings (SSSR count). The van der Waals surface area contributed by atoms with Crippen LogP contribution in [-0.2, 0) is 11.3 Å². The third-order valence-corrected chi connectivity index (χ3v) is 5.34. The van der Waals surface area contributed by atoms with Crippen LogP contribution < -0.4 is 4.74 Å². The van der Waals surface area contributed by atoms with E-state index in [2.05, 4.69) is 18.2 Å². The number of hydrogen-bond donors (Lipinski definition) is 0. The van der Waals surface area contributed by atoms with Crippen LogP contribution in [0.15, 0.2) is 78.9 Å². The molecule has 0 heterocycles. The van der Waals surface area contributed by atoms with Crippen molar-refractivity contribution < 1.29 is 9.47 Å². The number of para-hydroxylation sites is 1. The van der Waals surface area contributed by atoms with Crippen LogP contribution in [0.25, 0.3) is 0 Å². The predicted octanol–water partition coefficient (Wildman–Crippen LogP) is 7.19. The molecule has 1 aliphatic rings. The maximum atomic E-state index is 6.36. The van der Waals surface area contributed by atoms with Gasteiger partial charge in [0.15, 0.2) is 0 Å². The van der Waals surface area contributed by atoms with E-state index in [1.807, 2.05) is 60.7 Å². The van der Waals surface area contributed by atoms with Gasteiger partial charge in [-0.05, 0) is 66.3 Å². The van der Waals surface area contributed by atoms with Crippen molar-refractivity contribution in [3.63, 3.8) is 0 Å². The summed E-state index contributed by atoms with van der Waals surface area (Å²) in [5, 5.41) is 0.761. The van der Waals surface area contributed by atoms with Gasteiger partial charge in [0.1, 0.15) is 11.5 Å². The Morgan fingerprint density at radius 2 is 1.59 bits per heavy atom. The van der Waals surface area contributed by atoms with Crippen molar-refractivity contribution in [1.82, 2.24) is 0 Å². The molecule has 3 aromatic rings. The highest BCUT2D eigenvalue weighted by Crippen LogP contribution is 2.40. The lowest BCUT2D eigenvalue weighted by molar-refractivity contribution is -0.0260. The maximum absolute atomic E-state index is 6.36. The van der Waals surface area contributed by atoms with Crippen LogP contribution in [0.4, 0.5) is 0 Å². The minimum absolute atomic E-state index is 0.120. The molecular weight excluding hydrogens is 356 g/mol. The molecule has 1 atom stereocenters. The van der Waals surface area contributed by atoms with Gasteiger partial charge in [-0.25, -0.2) is 0 Å². The summed E-state index contributed by atoms with van der Waals surface area (Å²) >= 11 is 6.05. The van der Waals surface area contributed by atoms with Gasteiger partial charge in [0, 0.05) is 5.02 Å². The van der Waals surface area contributed by atoms with Crippen molar-refractivity contribution in [3.8, 4) is 11.5 Å². The van der Waals surface area contributed by atoms with Crippen molar-refractivity contribution in [1.29, 1.82) is 0 Å². The van der Waals surface area contributed by atoms with Gasteiger partial charge in [-0.3, -0.25) is 0 Å². The van der Waals surface area contributed by atoms with E-state index in [1.165, 1.54) is 24.8 Å². The molecule has 0 bridgehead atoms. The highest BCUT2D eigenvalue weighted by Gasteiger charge is 2.29. The molecule has 0 amide bonds. The Morgan fingerprint density at radius 1 is 0.852 bits per heavy atom. The Kier molecular flexibility index (Phi) is 5.76. The first-order valence-electron chi connectivity index (χ1n) is 9.47. The van der Waals surface area contributed by atoms with Crippen LogP contribution in [0.3, 0.4) is 0 Å². The minimum Gasteiger partial charge on any atom is -0.457 e. The summed E-state index contributed by atoms with van der Waals surface area (Å²) in [6.07, 6.45) is 3.86. The number of rotatable bonds is 7. The Hall–Kier alpha value is -2.29. The minimum atomic E-state index is 0.120. The average Bonchev–Trinajstić information content (AvgIpc) is 2.65. The highest BCUT2D eigenvalue weighted by molar-refractivity contribution is 6.30. The van der Waals surface area contributed by atoms with Crippen molar-refractivity contribution in [2.75, 3.05) is 0 Å². The third kappa shape index (κ3) is 4.71. The standard InChI is InChI=1S/C24H23ClO2/c25-21-14-12-20(13-15-21)24(19-7-5-8-19)26-17-18-6-4-11-23(16-18)27-22-9-2-1-3-10-22/h1-4,6,9-16,19,24H,5,7-8,17H2. The molecule has 1 fully saturated rings. The fraction of sp³-hybridized carbons (Fsp3) is 0.250. The molecule has 27 heavy (non-hydrogen) atoms. The normalized spacial score (nSPS) is 15.1. The first kappa shape index (κ1) is 18.1. The molecule has 3 heteroatoms. The second kappa shape index (κ2) is 8.60. The highest BCUT2D eigenvalue weighted by atomic mass is 35.5. The summed E-state index contributed by atoms with van der Waals surface area (Å²) in [7, 11) is 0. The SMILES string of the molecule is Clc1ccc(C(OCc2cccc(Oc3ccccc3)c2)C2CCC2)cc1. The van der Waals surface area contributed by atoms with Crippen molar-refractivity contribution in [3.05, 3.63) is 95.0 Å². The molecule has 0 radical (unpaired) electrons. The largest absolute Gasteiger partial charge is 0.457 e. The number of hydrogen-bond acceptors (Lipinski definition) is 2. The lowest BCUT2D eigenvalue weighted by Crippen LogP contribution is -2.22. The summed E-state index contributed by atoms with van der Waals surface area (Å²) in [5.41, 5.74) is 2.32. The van der Waals surface area contributed by atoms with Gasteiger partial charge in [0.05, 0.1) is 12.7 Å². The lowest BCUT2D eigenvalue weighted by Gasteiger charge is -2.34. The van der Waals surface area contributed by atoms with E-state index in [9.17, 15) is 0 Å². The summed E-state index contributed by atoms with van der Waals surface area (Å²) in [6.45, 7) is 0.565. The van der Waals surface area contributed by atoms with E-state index in [-0.39, 0.29) is 6.10 Å². The van der Waals surface area contributed by atoms with Crippen molar-refractivity contribution >= 4 is 11.6 Å². The van der Waals surface area contributed by atoms with Crippen molar-refractivity contribution in [2.45, 2.75) is 32.0 Å². The molecule has 0 aliphatic heterocycles. The lowest BCUT2D eigenvalue weighted by atomic mass is 9.78. The van der Waals surface area contributed by atoms with E-state index >= 15 is 0 Å². The Labute approximate surface area is 165 Å². The number of halogens is 1. The quantitative estimate of drug-likeness (QED) is 0.433. The summed E-state index contributed by atoms with van der Waals surface area (Å²) < 4.78 is 12.3. The smallest absolute Gasteiger partial charge is 0.127 e.